The van der Waals surface area contributed by atoms with Crippen LogP contribution in [0.15, 0.2) is 6.07 Å². The van der Waals surface area contributed by atoms with E-state index in [2.05, 4.69) is 4.98 Å². The minimum atomic E-state index is -0.124. The quantitative estimate of drug-likeness (QED) is 0.638. The molecule has 0 saturated carbocycles. The molecule has 0 fully saturated rings. The number of aromatic nitrogens is 1. The standard InChI is InChI=1S/C6H5ClN2O/c7-5-1-4(3-10)9-6(5)2-8/h1,9-10H,3H2. The average molecular weight is 157 g/mol. The summed E-state index contributed by atoms with van der Waals surface area (Å²) in [5, 5.41) is 17.3. The summed E-state index contributed by atoms with van der Waals surface area (Å²) in [6.07, 6.45) is 0. The van der Waals surface area contributed by atoms with Crippen molar-refractivity contribution < 1.29 is 5.11 Å². The molecular weight excluding hydrogens is 152 g/mol. The molecule has 0 saturated heterocycles. The number of nitriles is 1. The Morgan fingerprint density at radius 1 is 1.80 bits per heavy atom. The molecule has 1 aromatic rings. The van der Waals surface area contributed by atoms with Crippen LogP contribution in [0.1, 0.15) is 11.4 Å². The molecule has 0 aliphatic carbocycles. The number of nitrogens with zero attached hydrogens (tertiary/aromatic N) is 1. The number of H-pyrrole nitrogens is 1. The Labute approximate surface area is 62.9 Å². The minimum Gasteiger partial charge on any atom is -0.390 e. The smallest absolute Gasteiger partial charge is 0.136 e. The summed E-state index contributed by atoms with van der Waals surface area (Å²) in [7, 11) is 0. The Kier molecular flexibility index (Phi) is 1.95. The zero-order valence-corrected chi connectivity index (χ0v) is 5.81. The molecule has 0 aliphatic rings. The van der Waals surface area contributed by atoms with Crippen LogP contribution in [0.4, 0.5) is 0 Å². The Morgan fingerprint density at radius 3 is 2.80 bits per heavy atom. The molecule has 0 unspecified atom stereocenters. The van der Waals surface area contributed by atoms with Gasteiger partial charge in [-0.2, -0.15) is 5.26 Å². The molecule has 10 heavy (non-hydrogen) atoms. The third-order valence-corrected chi connectivity index (χ3v) is 1.41. The molecule has 4 heteroatoms. The molecule has 0 amide bonds. The van der Waals surface area contributed by atoms with Crippen LogP contribution in [-0.4, -0.2) is 10.1 Å². The van der Waals surface area contributed by atoms with Crippen LogP contribution in [-0.2, 0) is 6.61 Å². The van der Waals surface area contributed by atoms with Crippen molar-refractivity contribution in [1.29, 1.82) is 5.26 Å². The molecule has 0 aromatic carbocycles. The number of hydrogen-bond acceptors (Lipinski definition) is 2. The van der Waals surface area contributed by atoms with Gasteiger partial charge < -0.3 is 10.1 Å². The van der Waals surface area contributed by atoms with Gasteiger partial charge in [-0.25, -0.2) is 0 Å². The Hall–Kier alpha value is -0.980. The van der Waals surface area contributed by atoms with Crippen molar-refractivity contribution in [3.63, 3.8) is 0 Å². The monoisotopic (exact) mass is 156 g/mol. The lowest BCUT2D eigenvalue weighted by Crippen LogP contribution is -1.81. The van der Waals surface area contributed by atoms with E-state index < -0.39 is 0 Å². The van der Waals surface area contributed by atoms with E-state index in [0.29, 0.717) is 16.4 Å². The van der Waals surface area contributed by atoms with Gasteiger partial charge in [0.25, 0.3) is 0 Å². The third-order valence-electron chi connectivity index (χ3n) is 1.11. The predicted octanol–water partition coefficient (Wildman–Crippen LogP) is 1.03. The zero-order chi connectivity index (χ0) is 7.56. The SMILES string of the molecule is N#Cc1[nH]c(CO)cc1Cl. The molecule has 3 nitrogen and oxygen atoms in total. The fourth-order valence-corrected chi connectivity index (χ4v) is 0.869. The van der Waals surface area contributed by atoms with Crippen molar-refractivity contribution in [2.24, 2.45) is 0 Å². The highest BCUT2D eigenvalue weighted by Crippen LogP contribution is 2.15. The van der Waals surface area contributed by atoms with Crippen molar-refractivity contribution in [1.82, 2.24) is 4.98 Å². The van der Waals surface area contributed by atoms with Gasteiger partial charge in [0.05, 0.1) is 11.6 Å². The van der Waals surface area contributed by atoms with Crippen LogP contribution in [0.2, 0.25) is 5.02 Å². The molecule has 0 bridgehead atoms. The van der Waals surface area contributed by atoms with Crippen LogP contribution >= 0.6 is 11.6 Å². The number of aliphatic hydroxyl groups excluding tert-OH is 1. The first-order valence-electron chi connectivity index (χ1n) is 2.66. The number of nitrogens with one attached hydrogen (secondary N) is 1. The highest BCUT2D eigenvalue weighted by Gasteiger charge is 2.02. The maximum absolute atomic E-state index is 8.57. The zero-order valence-electron chi connectivity index (χ0n) is 5.06. The average Bonchev–Trinajstić information content (AvgIpc) is 2.30. The summed E-state index contributed by atoms with van der Waals surface area (Å²) >= 11 is 5.56. The fraction of sp³-hybridized carbons (Fsp3) is 0.167. The maximum Gasteiger partial charge on any atom is 0.136 e. The first-order valence-corrected chi connectivity index (χ1v) is 3.04. The molecule has 0 radical (unpaired) electrons. The molecule has 0 atom stereocenters. The van der Waals surface area contributed by atoms with Crippen molar-refractivity contribution in [3.05, 3.63) is 22.5 Å². The second-order valence-corrected chi connectivity index (χ2v) is 2.19. The molecular formula is C6H5ClN2O. The van der Waals surface area contributed by atoms with Gasteiger partial charge in [0, 0.05) is 5.69 Å². The van der Waals surface area contributed by atoms with Gasteiger partial charge in [-0.1, -0.05) is 11.6 Å². The van der Waals surface area contributed by atoms with E-state index >= 15 is 0 Å². The summed E-state index contributed by atoms with van der Waals surface area (Å²) in [5.74, 6) is 0. The first kappa shape index (κ1) is 7.13. The number of rotatable bonds is 1. The summed E-state index contributed by atoms with van der Waals surface area (Å²) in [6, 6.07) is 3.38. The van der Waals surface area contributed by atoms with E-state index in [-0.39, 0.29) is 6.61 Å². The van der Waals surface area contributed by atoms with E-state index in [9.17, 15) is 0 Å². The highest BCUT2D eigenvalue weighted by atomic mass is 35.5. The molecule has 1 aromatic heterocycles. The second-order valence-electron chi connectivity index (χ2n) is 1.79. The highest BCUT2D eigenvalue weighted by molar-refractivity contribution is 6.31. The van der Waals surface area contributed by atoms with Gasteiger partial charge in [-0.3, -0.25) is 0 Å². The van der Waals surface area contributed by atoms with Gasteiger partial charge in [0.1, 0.15) is 11.8 Å². The molecule has 1 rings (SSSR count). The van der Waals surface area contributed by atoms with Crippen molar-refractivity contribution >= 4 is 11.6 Å². The molecule has 52 valence electrons. The molecule has 1 heterocycles. The van der Waals surface area contributed by atoms with Crippen molar-refractivity contribution in [3.8, 4) is 6.07 Å². The lowest BCUT2D eigenvalue weighted by molar-refractivity contribution is 0.277. The Balaban J connectivity index is 3.07. The van der Waals surface area contributed by atoms with E-state index in [1.54, 1.807) is 0 Å². The molecule has 0 aliphatic heterocycles. The van der Waals surface area contributed by atoms with E-state index in [1.165, 1.54) is 6.07 Å². The van der Waals surface area contributed by atoms with Gasteiger partial charge in [0.15, 0.2) is 0 Å². The van der Waals surface area contributed by atoms with E-state index in [1.807, 2.05) is 6.07 Å². The Morgan fingerprint density at radius 2 is 2.50 bits per heavy atom. The number of hydrogen-bond donors (Lipinski definition) is 2. The summed E-state index contributed by atoms with van der Waals surface area (Å²) in [6.45, 7) is -0.124. The Bertz CT molecular complexity index is 274. The van der Waals surface area contributed by atoms with E-state index in [4.69, 9.17) is 22.0 Å². The lowest BCUT2D eigenvalue weighted by Gasteiger charge is -1.82. The largest absolute Gasteiger partial charge is 0.390 e. The van der Waals surface area contributed by atoms with Crippen LogP contribution < -0.4 is 0 Å². The summed E-state index contributed by atoms with van der Waals surface area (Å²) in [4.78, 5) is 2.64. The number of aromatic amines is 1. The minimum absolute atomic E-state index is 0.124. The van der Waals surface area contributed by atoms with Gasteiger partial charge in [-0.05, 0) is 6.07 Å². The summed E-state index contributed by atoms with van der Waals surface area (Å²) in [5.41, 5.74) is 0.854. The van der Waals surface area contributed by atoms with Gasteiger partial charge in [0.2, 0.25) is 0 Å². The van der Waals surface area contributed by atoms with E-state index in [0.717, 1.165) is 0 Å². The fourth-order valence-electron chi connectivity index (χ4n) is 0.648. The second kappa shape index (κ2) is 2.74. The van der Waals surface area contributed by atoms with Crippen LogP contribution in [0, 0.1) is 11.3 Å². The normalized spacial score (nSPS) is 9.30. The predicted molar refractivity (Wildman–Crippen MR) is 36.4 cm³/mol. The lowest BCUT2D eigenvalue weighted by atomic mass is 10.4. The first-order chi connectivity index (χ1) is 4.77. The van der Waals surface area contributed by atoms with Crippen LogP contribution in [0.3, 0.4) is 0 Å². The van der Waals surface area contributed by atoms with Crippen molar-refractivity contribution in [2.75, 3.05) is 0 Å². The molecule has 2 N–H and O–H groups in total. The third kappa shape index (κ3) is 1.13. The topological polar surface area (TPSA) is 59.8 Å². The number of aliphatic hydroxyl groups is 1. The van der Waals surface area contributed by atoms with Gasteiger partial charge >= 0.3 is 0 Å². The summed E-state index contributed by atoms with van der Waals surface area (Å²) < 4.78 is 0. The maximum atomic E-state index is 8.57. The van der Waals surface area contributed by atoms with Crippen LogP contribution in [0.25, 0.3) is 0 Å². The van der Waals surface area contributed by atoms with Gasteiger partial charge in [-0.15, -0.1) is 0 Å². The molecule has 0 spiro atoms. The van der Waals surface area contributed by atoms with Crippen LogP contribution in [0.5, 0.6) is 0 Å². The van der Waals surface area contributed by atoms with Crippen molar-refractivity contribution in [2.45, 2.75) is 6.61 Å². The number of halogens is 1.